The molecule has 0 radical (unpaired) electrons. The van der Waals surface area contributed by atoms with Crippen molar-refractivity contribution in [3.63, 3.8) is 0 Å². The largest absolute Gasteiger partial charge is 0.493 e. The molecule has 2 aromatic carbocycles. The third kappa shape index (κ3) is 4.25. The molecule has 6 heteroatoms. The van der Waals surface area contributed by atoms with Crippen molar-refractivity contribution in [1.29, 1.82) is 0 Å². The molecule has 1 aliphatic heterocycles. The highest BCUT2D eigenvalue weighted by Gasteiger charge is 2.48. The van der Waals surface area contributed by atoms with Gasteiger partial charge in [-0.3, -0.25) is 0 Å². The van der Waals surface area contributed by atoms with Crippen LogP contribution in [0.25, 0.3) is 0 Å². The minimum absolute atomic E-state index is 0.150. The zero-order valence-electron chi connectivity index (χ0n) is 17.7. The first-order valence-electron chi connectivity index (χ1n) is 10.7. The van der Waals surface area contributed by atoms with E-state index < -0.39 is 0 Å². The van der Waals surface area contributed by atoms with E-state index in [2.05, 4.69) is 40.2 Å². The lowest BCUT2D eigenvalue weighted by Gasteiger charge is -2.43. The van der Waals surface area contributed by atoms with Crippen molar-refractivity contribution in [3.8, 4) is 11.5 Å². The van der Waals surface area contributed by atoms with Gasteiger partial charge in [0.05, 0.1) is 14.2 Å². The fourth-order valence-corrected chi connectivity index (χ4v) is 5.30. The predicted octanol–water partition coefficient (Wildman–Crippen LogP) is 3.52. The van der Waals surface area contributed by atoms with E-state index >= 15 is 0 Å². The maximum Gasteiger partial charge on any atom is 0.166 e. The molecule has 1 aliphatic carbocycles. The Hall–Kier alpha value is -2.31. The quantitative estimate of drug-likeness (QED) is 0.616. The molecule has 0 bridgehead atoms. The highest BCUT2D eigenvalue weighted by molar-refractivity contribution is 7.80. The van der Waals surface area contributed by atoms with Crippen LogP contribution in [-0.4, -0.2) is 38.0 Å². The summed E-state index contributed by atoms with van der Waals surface area (Å²) in [6.45, 7) is 1.79. The van der Waals surface area contributed by atoms with Crippen LogP contribution < -0.4 is 25.4 Å². The Balaban J connectivity index is 1.40. The molecule has 0 unspecified atom stereocenters. The summed E-state index contributed by atoms with van der Waals surface area (Å²) in [5.41, 5.74) is 2.73. The maximum atomic E-state index is 5.57. The van der Waals surface area contributed by atoms with E-state index in [9.17, 15) is 0 Å². The maximum absolute atomic E-state index is 5.57. The lowest BCUT2D eigenvalue weighted by atomic mass is 9.65. The molecule has 1 saturated heterocycles. The van der Waals surface area contributed by atoms with Crippen molar-refractivity contribution in [1.82, 2.24) is 16.0 Å². The normalized spacial score (nSPS) is 25.3. The van der Waals surface area contributed by atoms with Crippen LogP contribution in [0.5, 0.6) is 11.5 Å². The molecule has 2 aromatic rings. The number of ether oxygens (including phenoxy) is 2. The van der Waals surface area contributed by atoms with E-state index in [-0.39, 0.29) is 5.41 Å². The molecule has 160 valence electrons. The van der Waals surface area contributed by atoms with Gasteiger partial charge in [-0.25, -0.2) is 0 Å². The molecule has 4 rings (SSSR count). The van der Waals surface area contributed by atoms with Gasteiger partial charge >= 0.3 is 0 Å². The van der Waals surface area contributed by atoms with Gasteiger partial charge in [-0.15, -0.1) is 0 Å². The summed E-state index contributed by atoms with van der Waals surface area (Å²) in [5.74, 6) is 1.59. The van der Waals surface area contributed by atoms with E-state index in [1.165, 1.54) is 11.1 Å². The van der Waals surface area contributed by atoms with Crippen molar-refractivity contribution in [2.24, 2.45) is 0 Å². The Morgan fingerprint density at radius 2 is 1.90 bits per heavy atom. The molecule has 0 spiro atoms. The number of hydrogen-bond acceptors (Lipinski definition) is 4. The van der Waals surface area contributed by atoms with E-state index in [0.717, 1.165) is 55.4 Å². The van der Waals surface area contributed by atoms with Crippen molar-refractivity contribution in [3.05, 3.63) is 59.7 Å². The summed E-state index contributed by atoms with van der Waals surface area (Å²) in [7, 11) is 3.38. The van der Waals surface area contributed by atoms with Crippen LogP contribution in [0.2, 0.25) is 0 Å². The second-order valence-corrected chi connectivity index (χ2v) is 8.67. The Bertz CT molecular complexity index is 876. The van der Waals surface area contributed by atoms with Crippen LogP contribution in [0.3, 0.4) is 0 Å². The molecule has 0 aromatic heterocycles. The minimum Gasteiger partial charge on any atom is -0.493 e. The first-order chi connectivity index (χ1) is 14.6. The summed E-state index contributed by atoms with van der Waals surface area (Å²) in [4.78, 5) is 0. The molecule has 2 aliphatic rings. The number of fused-ring (bicyclic) bond motifs is 1. The monoisotopic (exact) mass is 425 g/mol. The highest BCUT2D eigenvalue weighted by atomic mass is 32.1. The molecular formula is C24H31N3O2S. The molecule has 2 fully saturated rings. The molecule has 30 heavy (non-hydrogen) atoms. The lowest BCUT2D eigenvalue weighted by molar-refractivity contribution is 0.234. The van der Waals surface area contributed by atoms with Gasteiger partial charge in [-0.1, -0.05) is 36.4 Å². The predicted molar refractivity (Wildman–Crippen MR) is 124 cm³/mol. The zero-order valence-corrected chi connectivity index (χ0v) is 18.6. The van der Waals surface area contributed by atoms with Crippen LogP contribution >= 0.6 is 12.2 Å². The first-order valence-corrected chi connectivity index (χ1v) is 11.1. The van der Waals surface area contributed by atoms with Crippen molar-refractivity contribution in [2.75, 3.05) is 20.8 Å². The van der Waals surface area contributed by atoms with Crippen LogP contribution in [0.15, 0.2) is 48.5 Å². The van der Waals surface area contributed by atoms with Gasteiger partial charge in [-0.05, 0) is 67.7 Å². The summed E-state index contributed by atoms with van der Waals surface area (Å²) < 4.78 is 11.0. The van der Waals surface area contributed by atoms with Gasteiger partial charge in [0.15, 0.2) is 16.6 Å². The summed E-state index contributed by atoms with van der Waals surface area (Å²) in [5, 5.41) is 11.4. The van der Waals surface area contributed by atoms with Crippen LogP contribution in [0.1, 0.15) is 36.8 Å². The fraction of sp³-hybridized carbons (Fsp3) is 0.458. The van der Waals surface area contributed by atoms with Gasteiger partial charge in [0.1, 0.15) is 0 Å². The third-order valence-electron chi connectivity index (χ3n) is 6.68. The van der Waals surface area contributed by atoms with E-state index in [0.29, 0.717) is 12.1 Å². The Morgan fingerprint density at radius 1 is 1.10 bits per heavy atom. The molecule has 3 N–H and O–H groups in total. The average Bonchev–Trinajstić information content (AvgIpc) is 3.22. The Labute approximate surface area is 184 Å². The topological polar surface area (TPSA) is 54.5 Å². The third-order valence-corrected chi connectivity index (χ3v) is 6.94. The second kappa shape index (κ2) is 9.23. The number of methoxy groups -OCH3 is 2. The number of thiocarbonyl (C=S) groups is 1. The SMILES string of the molecule is COc1ccc([C@]23CCN[C@H]2C[C@H](NC(=S)NCc2ccccc2)CC3)cc1OC. The van der Waals surface area contributed by atoms with Gasteiger partial charge < -0.3 is 25.4 Å². The van der Waals surface area contributed by atoms with Gasteiger partial charge in [-0.2, -0.15) is 0 Å². The zero-order chi connectivity index (χ0) is 21.0. The molecule has 0 amide bonds. The van der Waals surface area contributed by atoms with Gasteiger partial charge in [0.25, 0.3) is 0 Å². The number of benzene rings is 2. The standard InChI is InChI=1S/C24H31N3O2S/c1-28-20-9-8-18(14-21(20)29-2)24-11-10-19(15-22(24)25-13-12-24)27-23(30)26-16-17-6-4-3-5-7-17/h3-9,14,19,22,25H,10-13,15-16H2,1-2H3,(H2,26,27,30)/t19-,22+,24+/m1/s1. The molecular weight excluding hydrogens is 394 g/mol. The molecule has 1 heterocycles. The molecule has 5 nitrogen and oxygen atoms in total. The number of rotatable bonds is 6. The van der Waals surface area contributed by atoms with Crippen LogP contribution in [0, 0.1) is 0 Å². The summed E-state index contributed by atoms with van der Waals surface area (Å²) in [6, 6.07) is 17.6. The summed E-state index contributed by atoms with van der Waals surface area (Å²) >= 11 is 5.56. The first kappa shape index (κ1) is 20.9. The number of hydrogen-bond donors (Lipinski definition) is 3. The average molecular weight is 426 g/mol. The molecule has 1 saturated carbocycles. The Morgan fingerprint density at radius 3 is 2.67 bits per heavy atom. The minimum atomic E-state index is 0.150. The lowest BCUT2D eigenvalue weighted by Crippen LogP contribution is -2.52. The Kier molecular flexibility index (Phi) is 6.44. The smallest absolute Gasteiger partial charge is 0.166 e. The van der Waals surface area contributed by atoms with Gasteiger partial charge in [0.2, 0.25) is 0 Å². The van der Waals surface area contributed by atoms with Crippen molar-refractivity contribution in [2.45, 2.75) is 49.7 Å². The molecule has 3 atom stereocenters. The van der Waals surface area contributed by atoms with Crippen molar-refractivity contribution < 1.29 is 9.47 Å². The van der Waals surface area contributed by atoms with E-state index in [1.807, 2.05) is 24.3 Å². The summed E-state index contributed by atoms with van der Waals surface area (Å²) in [6.07, 6.45) is 4.43. The van der Waals surface area contributed by atoms with Crippen LogP contribution in [0.4, 0.5) is 0 Å². The van der Waals surface area contributed by atoms with Crippen LogP contribution in [-0.2, 0) is 12.0 Å². The fourth-order valence-electron chi connectivity index (χ4n) is 5.06. The second-order valence-electron chi connectivity index (χ2n) is 8.27. The van der Waals surface area contributed by atoms with E-state index in [4.69, 9.17) is 21.7 Å². The van der Waals surface area contributed by atoms with Crippen molar-refractivity contribution >= 4 is 17.3 Å². The number of nitrogens with one attached hydrogen (secondary N) is 3. The highest BCUT2D eigenvalue weighted by Crippen LogP contribution is 2.47. The van der Waals surface area contributed by atoms with E-state index in [1.54, 1.807) is 14.2 Å². The van der Waals surface area contributed by atoms with Gasteiger partial charge in [0, 0.05) is 24.0 Å².